The first-order valence-electron chi connectivity index (χ1n) is 4.05. The number of rotatable bonds is 2. The normalized spacial score (nSPS) is 24.2. The molecule has 0 aliphatic carbocycles. The zero-order valence-corrected chi connectivity index (χ0v) is 6.76. The minimum Gasteiger partial charge on any atom is -0.340 e. The second kappa shape index (κ2) is 3.04. The van der Waals surface area contributed by atoms with E-state index in [1.165, 1.54) is 6.42 Å². The Bertz CT molecular complexity index is 133. The Morgan fingerprint density at radius 1 is 1.70 bits per heavy atom. The van der Waals surface area contributed by atoms with Crippen molar-refractivity contribution in [2.24, 2.45) is 0 Å². The predicted octanol–water partition coefficient (Wildman–Crippen LogP) is 1.41. The summed E-state index contributed by atoms with van der Waals surface area (Å²) in [5, 5.41) is 0. The van der Waals surface area contributed by atoms with Crippen molar-refractivity contribution >= 4 is 5.91 Å². The zero-order valence-electron chi connectivity index (χ0n) is 6.76. The van der Waals surface area contributed by atoms with Crippen LogP contribution in [0.5, 0.6) is 0 Å². The summed E-state index contributed by atoms with van der Waals surface area (Å²) in [6.07, 6.45) is 2.89. The van der Waals surface area contributed by atoms with E-state index in [1.54, 1.807) is 0 Å². The van der Waals surface area contributed by atoms with E-state index >= 15 is 0 Å². The van der Waals surface area contributed by atoms with Crippen molar-refractivity contribution < 1.29 is 4.79 Å². The van der Waals surface area contributed by atoms with Gasteiger partial charge >= 0.3 is 0 Å². The van der Waals surface area contributed by atoms with Gasteiger partial charge in [-0.05, 0) is 19.8 Å². The molecule has 58 valence electrons. The van der Waals surface area contributed by atoms with Gasteiger partial charge in [-0.2, -0.15) is 0 Å². The minimum absolute atomic E-state index is 0.334. The Balaban J connectivity index is 2.27. The number of hydrogen-bond acceptors (Lipinski definition) is 1. The Kier molecular flexibility index (Phi) is 2.30. The summed E-state index contributed by atoms with van der Waals surface area (Å²) < 4.78 is 0. The van der Waals surface area contributed by atoms with E-state index in [4.69, 9.17) is 0 Å². The molecule has 1 amide bonds. The summed E-state index contributed by atoms with van der Waals surface area (Å²) >= 11 is 0. The number of amides is 1. The fourth-order valence-corrected chi connectivity index (χ4v) is 1.24. The summed E-state index contributed by atoms with van der Waals surface area (Å²) in [5.41, 5.74) is 0. The lowest BCUT2D eigenvalue weighted by Crippen LogP contribution is -2.49. The topological polar surface area (TPSA) is 20.3 Å². The van der Waals surface area contributed by atoms with Crippen LogP contribution in [-0.2, 0) is 4.79 Å². The van der Waals surface area contributed by atoms with E-state index < -0.39 is 0 Å². The highest BCUT2D eigenvalue weighted by atomic mass is 16.2. The van der Waals surface area contributed by atoms with Gasteiger partial charge in [0.2, 0.25) is 5.91 Å². The molecule has 2 nitrogen and oxygen atoms in total. The van der Waals surface area contributed by atoms with Crippen molar-refractivity contribution in [3.63, 3.8) is 0 Å². The molecule has 0 N–H and O–H groups in total. The molecule has 0 spiro atoms. The largest absolute Gasteiger partial charge is 0.340 e. The number of carbonyl (C=O) groups is 1. The number of nitrogens with zero attached hydrogens (tertiary/aromatic N) is 1. The van der Waals surface area contributed by atoms with E-state index in [-0.39, 0.29) is 0 Å². The molecule has 0 radical (unpaired) electrons. The molecule has 1 fully saturated rings. The maximum Gasteiger partial charge on any atom is 0.222 e. The maximum absolute atomic E-state index is 11.2. The van der Waals surface area contributed by atoms with Crippen LogP contribution in [0.15, 0.2) is 0 Å². The summed E-state index contributed by atoms with van der Waals surface area (Å²) in [7, 11) is 0. The number of likely N-dealkylation sites (tertiary alicyclic amines) is 1. The van der Waals surface area contributed by atoms with E-state index in [9.17, 15) is 4.79 Å². The second-order valence-electron chi connectivity index (χ2n) is 2.97. The van der Waals surface area contributed by atoms with Crippen molar-refractivity contribution in [2.75, 3.05) is 6.54 Å². The maximum atomic E-state index is 11.2. The van der Waals surface area contributed by atoms with E-state index in [0.29, 0.717) is 11.9 Å². The van der Waals surface area contributed by atoms with Crippen LogP contribution in [0.1, 0.15) is 33.1 Å². The van der Waals surface area contributed by atoms with Crippen LogP contribution in [-0.4, -0.2) is 23.4 Å². The van der Waals surface area contributed by atoms with Gasteiger partial charge in [-0.15, -0.1) is 0 Å². The third-order valence-electron chi connectivity index (χ3n) is 2.10. The molecule has 0 aromatic carbocycles. The molecular weight excluding hydrogens is 126 g/mol. The predicted molar refractivity (Wildman–Crippen MR) is 40.7 cm³/mol. The average molecular weight is 141 g/mol. The highest BCUT2D eigenvalue weighted by Gasteiger charge is 2.26. The Labute approximate surface area is 62.2 Å². The van der Waals surface area contributed by atoms with Gasteiger partial charge in [0.1, 0.15) is 0 Å². The van der Waals surface area contributed by atoms with Crippen LogP contribution in [0.2, 0.25) is 0 Å². The average Bonchev–Trinajstić information content (AvgIpc) is 1.85. The molecule has 1 aliphatic rings. The molecule has 10 heavy (non-hydrogen) atoms. The quantitative estimate of drug-likeness (QED) is 0.569. The number of carbonyl (C=O) groups excluding carboxylic acids is 1. The molecule has 0 aromatic heterocycles. The van der Waals surface area contributed by atoms with Gasteiger partial charge < -0.3 is 4.90 Å². The van der Waals surface area contributed by atoms with Gasteiger partial charge in [0.05, 0.1) is 0 Å². The molecular formula is C8H15NO. The van der Waals surface area contributed by atoms with Gasteiger partial charge in [0.15, 0.2) is 0 Å². The van der Waals surface area contributed by atoms with Gasteiger partial charge in [-0.25, -0.2) is 0 Å². The van der Waals surface area contributed by atoms with Crippen LogP contribution in [0.4, 0.5) is 0 Å². The first-order valence-corrected chi connectivity index (χ1v) is 4.05. The molecule has 1 unspecified atom stereocenters. The molecule has 2 heteroatoms. The lowest BCUT2D eigenvalue weighted by Gasteiger charge is -2.38. The smallest absolute Gasteiger partial charge is 0.222 e. The molecule has 1 heterocycles. The van der Waals surface area contributed by atoms with Gasteiger partial charge in [0.25, 0.3) is 0 Å². The van der Waals surface area contributed by atoms with E-state index in [0.717, 1.165) is 19.4 Å². The molecule has 0 bridgehead atoms. The molecule has 1 aliphatic heterocycles. The van der Waals surface area contributed by atoms with Crippen LogP contribution in [0.25, 0.3) is 0 Å². The SMILES string of the molecule is CCCC(=O)N1CCC1C. The summed E-state index contributed by atoms with van der Waals surface area (Å²) in [6, 6.07) is 0.513. The van der Waals surface area contributed by atoms with Crippen LogP contribution >= 0.6 is 0 Å². The Hall–Kier alpha value is -0.530. The first kappa shape index (κ1) is 7.58. The summed E-state index contributed by atoms with van der Waals surface area (Å²) in [6.45, 7) is 5.14. The van der Waals surface area contributed by atoms with Crippen molar-refractivity contribution in [1.82, 2.24) is 4.90 Å². The Morgan fingerprint density at radius 3 is 2.70 bits per heavy atom. The minimum atomic E-state index is 0.334. The second-order valence-corrected chi connectivity index (χ2v) is 2.97. The molecule has 0 saturated carbocycles. The standard InChI is InChI=1S/C8H15NO/c1-3-4-8(10)9-6-5-7(9)2/h7H,3-6H2,1-2H3. The third-order valence-corrected chi connectivity index (χ3v) is 2.10. The zero-order chi connectivity index (χ0) is 7.56. The monoisotopic (exact) mass is 141 g/mol. The van der Waals surface area contributed by atoms with Crippen LogP contribution in [0, 0.1) is 0 Å². The summed E-state index contributed by atoms with van der Waals surface area (Å²) in [5.74, 6) is 0.334. The van der Waals surface area contributed by atoms with Crippen LogP contribution < -0.4 is 0 Å². The lowest BCUT2D eigenvalue weighted by molar-refractivity contribution is -0.138. The summed E-state index contributed by atoms with van der Waals surface area (Å²) in [4.78, 5) is 13.1. The van der Waals surface area contributed by atoms with Crippen molar-refractivity contribution in [3.8, 4) is 0 Å². The molecule has 1 atom stereocenters. The fraction of sp³-hybridized carbons (Fsp3) is 0.875. The number of hydrogen-bond donors (Lipinski definition) is 0. The van der Waals surface area contributed by atoms with Crippen LogP contribution in [0.3, 0.4) is 0 Å². The van der Waals surface area contributed by atoms with Gasteiger partial charge in [-0.3, -0.25) is 4.79 Å². The third kappa shape index (κ3) is 1.31. The fourth-order valence-electron chi connectivity index (χ4n) is 1.24. The highest BCUT2D eigenvalue weighted by molar-refractivity contribution is 5.77. The van der Waals surface area contributed by atoms with Crippen molar-refractivity contribution in [1.29, 1.82) is 0 Å². The van der Waals surface area contributed by atoms with E-state index in [1.807, 2.05) is 11.8 Å². The molecule has 1 rings (SSSR count). The molecule has 1 saturated heterocycles. The first-order chi connectivity index (χ1) is 4.75. The lowest BCUT2D eigenvalue weighted by atomic mass is 10.0. The van der Waals surface area contributed by atoms with Crippen molar-refractivity contribution in [2.45, 2.75) is 39.2 Å². The van der Waals surface area contributed by atoms with Gasteiger partial charge in [-0.1, -0.05) is 6.92 Å². The Morgan fingerprint density at radius 2 is 2.40 bits per heavy atom. The highest BCUT2D eigenvalue weighted by Crippen LogP contribution is 2.17. The van der Waals surface area contributed by atoms with Gasteiger partial charge in [0, 0.05) is 19.0 Å². The van der Waals surface area contributed by atoms with E-state index in [2.05, 4.69) is 6.92 Å². The van der Waals surface area contributed by atoms with Crippen molar-refractivity contribution in [3.05, 3.63) is 0 Å². The molecule has 0 aromatic rings.